The van der Waals surface area contributed by atoms with Gasteiger partial charge in [-0.15, -0.1) is 11.3 Å². The van der Waals surface area contributed by atoms with Crippen LogP contribution in [0.3, 0.4) is 0 Å². The molecule has 0 aliphatic carbocycles. The Kier molecular flexibility index (Phi) is 5.28. The number of benzene rings is 2. The maximum Gasteiger partial charge on any atom is 0.182 e. The Bertz CT molecular complexity index is 849. The fourth-order valence-electron chi connectivity index (χ4n) is 2.69. The van der Waals surface area contributed by atoms with Crippen molar-refractivity contribution in [3.8, 4) is 5.75 Å². The molecule has 0 saturated carbocycles. The van der Waals surface area contributed by atoms with Gasteiger partial charge in [-0.1, -0.05) is 18.2 Å². The number of thiazole rings is 1. The van der Waals surface area contributed by atoms with Crippen molar-refractivity contribution in [3.63, 3.8) is 0 Å². The van der Waals surface area contributed by atoms with Gasteiger partial charge in [-0.3, -0.25) is 0 Å². The minimum atomic E-state index is -0.837. The molecule has 1 heterocycles. The monoisotopic (exact) mass is 360 g/mol. The van der Waals surface area contributed by atoms with Gasteiger partial charge in [0.2, 0.25) is 0 Å². The lowest BCUT2D eigenvalue weighted by Crippen LogP contribution is -2.06. The van der Waals surface area contributed by atoms with Crippen LogP contribution < -0.4 is 10.1 Å². The van der Waals surface area contributed by atoms with Crippen LogP contribution >= 0.6 is 11.3 Å². The molecule has 130 valence electrons. The van der Waals surface area contributed by atoms with Crippen LogP contribution in [0.15, 0.2) is 47.8 Å². The third-order valence-electron chi connectivity index (χ3n) is 4.03. The first-order valence-electron chi connectivity index (χ1n) is 7.81. The first-order chi connectivity index (χ1) is 12.1. The smallest absolute Gasteiger partial charge is 0.182 e. The van der Waals surface area contributed by atoms with E-state index in [1.165, 1.54) is 17.4 Å². The summed E-state index contributed by atoms with van der Waals surface area (Å²) >= 11 is 1.52. The van der Waals surface area contributed by atoms with Crippen molar-refractivity contribution in [1.82, 2.24) is 4.98 Å². The molecule has 0 saturated heterocycles. The van der Waals surface area contributed by atoms with E-state index in [0.29, 0.717) is 6.42 Å². The highest BCUT2D eigenvalue weighted by molar-refractivity contribution is 7.13. The summed E-state index contributed by atoms with van der Waals surface area (Å²) in [6.45, 7) is 0. The molecule has 0 aliphatic rings. The van der Waals surface area contributed by atoms with Crippen molar-refractivity contribution in [3.05, 3.63) is 76.3 Å². The van der Waals surface area contributed by atoms with Crippen LogP contribution in [0.1, 0.15) is 22.7 Å². The highest BCUT2D eigenvalue weighted by atomic mass is 32.1. The fourth-order valence-corrected chi connectivity index (χ4v) is 3.42. The number of halogens is 2. The van der Waals surface area contributed by atoms with Crippen LogP contribution in [0.5, 0.6) is 5.75 Å². The number of hydrogen-bond acceptors (Lipinski definition) is 4. The van der Waals surface area contributed by atoms with Crippen molar-refractivity contribution in [2.24, 2.45) is 0 Å². The number of rotatable bonds is 6. The third kappa shape index (κ3) is 3.96. The summed E-state index contributed by atoms with van der Waals surface area (Å²) in [4.78, 5) is 4.59. The second kappa shape index (κ2) is 7.61. The van der Waals surface area contributed by atoms with Crippen molar-refractivity contribution in [1.29, 1.82) is 0 Å². The van der Waals surface area contributed by atoms with Crippen LogP contribution in [0.25, 0.3) is 0 Å². The predicted octanol–water partition coefficient (Wildman–Crippen LogP) is 4.85. The van der Waals surface area contributed by atoms with Gasteiger partial charge in [-0.25, -0.2) is 13.8 Å². The summed E-state index contributed by atoms with van der Waals surface area (Å²) in [5, 5.41) is 5.84. The molecule has 0 bridgehead atoms. The SMILES string of the molecule is CNc1nc(C(Cc2ccc(F)c(F)c2)c2ccc(OC)cc2)cs1. The second-order valence-corrected chi connectivity index (χ2v) is 6.46. The summed E-state index contributed by atoms with van der Waals surface area (Å²) in [5.74, 6) is -0.963. The van der Waals surface area contributed by atoms with E-state index in [1.54, 1.807) is 13.2 Å². The van der Waals surface area contributed by atoms with Gasteiger partial charge in [-0.2, -0.15) is 0 Å². The van der Waals surface area contributed by atoms with Crippen molar-refractivity contribution in [2.45, 2.75) is 12.3 Å². The van der Waals surface area contributed by atoms with Crippen LogP contribution in [0.2, 0.25) is 0 Å². The van der Waals surface area contributed by atoms with Crippen LogP contribution in [0.4, 0.5) is 13.9 Å². The van der Waals surface area contributed by atoms with Gasteiger partial charge >= 0.3 is 0 Å². The Balaban J connectivity index is 1.96. The van der Waals surface area contributed by atoms with E-state index < -0.39 is 11.6 Å². The van der Waals surface area contributed by atoms with E-state index in [1.807, 2.05) is 36.7 Å². The number of methoxy groups -OCH3 is 1. The lowest BCUT2D eigenvalue weighted by molar-refractivity contribution is 0.414. The van der Waals surface area contributed by atoms with Gasteiger partial charge in [0.05, 0.1) is 12.8 Å². The van der Waals surface area contributed by atoms with E-state index in [9.17, 15) is 8.78 Å². The molecule has 3 nitrogen and oxygen atoms in total. The molecule has 3 aromatic rings. The first kappa shape index (κ1) is 17.4. The van der Waals surface area contributed by atoms with Crippen LogP contribution in [0, 0.1) is 11.6 Å². The van der Waals surface area contributed by atoms with E-state index in [2.05, 4.69) is 10.3 Å². The number of ether oxygens (including phenoxy) is 1. The molecule has 1 N–H and O–H groups in total. The van der Waals surface area contributed by atoms with Gasteiger partial charge in [-0.05, 0) is 41.8 Å². The molecule has 0 fully saturated rings. The standard InChI is InChI=1S/C19H18F2N2OS/c1-22-19-23-18(11-25-19)15(13-4-6-14(24-2)7-5-13)9-12-3-8-16(20)17(21)10-12/h3-8,10-11,15H,9H2,1-2H3,(H,22,23). The Morgan fingerprint density at radius 3 is 2.48 bits per heavy atom. The second-order valence-electron chi connectivity index (χ2n) is 5.61. The normalized spacial score (nSPS) is 12.0. The van der Waals surface area contributed by atoms with Crippen LogP contribution in [-0.2, 0) is 6.42 Å². The van der Waals surface area contributed by atoms with Crippen molar-refractivity contribution >= 4 is 16.5 Å². The molecule has 1 unspecified atom stereocenters. The molecule has 0 amide bonds. The third-order valence-corrected chi connectivity index (χ3v) is 4.91. The number of nitrogens with zero attached hydrogens (tertiary/aromatic N) is 1. The maximum atomic E-state index is 13.6. The zero-order valence-electron chi connectivity index (χ0n) is 13.9. The quantitative estimate of drug-likeness (QED) is 0.683. The zero-order chi connectivity index (χ0) is 17.8. The first-order valence-corrected chi connectivity index (χ1v) is 8.69. The summed E-state index contributed by atoms with van der Waals surface area (Å²) in [7, 11) is 3.44. The number of aromatic nitrogens is 1. The molecule has 1 atom stereocenters. The minimum absolute atomic E-state index is 0.0610. The van der Waals surface area contributed by atoms with Crippen molar-refractivity contribution in [2.75, 3.05) is 19.5 Å². The summed E-state index contributed by atoms with van der Waals surface area (Å²) in [6.07, 6.45) is 0.524. The van der Waals surface area contributed by atoms with E-state index in [-0.39, 0.29) is 5.92 Å². The van der Waals surface area contributed by atoms with Gasteiger partial charge in [0.25, 0.3) is 0 Å². The molecule has 0 aliphatic heterocycles. The number of hydrogen-bond donors (Lipinski definition) is 1. The van der Waals surface area contributed by atoms with E-state index >= 15 is 0 Å². The molecule has 1 aromatic heterocycles. The van der Waals surface area contributed by atoms with E-state index in [4.69, 9.17) is 4.74 Å². The molecule has 0 spiro atoms. The predicted molar refractivity (Wildman–Crippen MR) is 96.6 cm³/mol. The Morgan fingerprint density at radius 2 is 1.88 bits per heavy atom. The van der Waals surface area contributed by atoms with Crippen LogP contribution in [-0.4, -0.2) is 19.1 Å². The Morgan fingerprint density at radius 1 is 1.12 bits per heavy atom. The largest absolute Gasteiger partial charge is 0.497 e. The molecule has 6 heteroatoms. The number of nitrogens with one attached hydrogen (secondary N) is 1. The Hall–Kier alpha value is -2.47. The highest BCUT2D eigenvalue weighted by Gasteiger charge is 2.19. The lowest BCUT2D eigenvalue weighted by Gasteiger charge is -2.16. The number of anilines is 1. The topological polar surface area (TPSA) is 34.2 Å². The van der Waals surface area contributed by atoms with Gasteiger partial charge in [0, 0.05) is 18.3 Å². The summed E-state index contributed by atoms with van der Waals surface area (Å²) in [5.41, 5.74) is 2.65. The van der Waals surface area contributed by atoms with Gasteiger partial charge < -0.3 is 10.1 Å². The van der Waals surface area contributed by atoms with Gasteiger partial charge in [0.1, 0.15) is 5.75 Å². The lowest BCUT2D eigenvalue weighted by atomic mass is 9.89. The molecule has 2 aromatic carbocycles. The Labute approximate surface area is 149 Å². The van der Waals surface area contributed by atoms with Crippen molar-refractivity contribution < 1.29 is 13.5 Å². The molecule has 0 radical (unpaired) electrons. The summed E-state index contributed by atoms with van der Waals surface area (Å²) < 4.78 is 32.0. The maximum absolute atomic E-state index is 13.6. The molecule has 3 rings (SSSR count). The molecular formula is C19H18F2N2OS. The average Bonchev–Trinajstić information content (AvgIpc) is 3.11. The van der Waals surface area contributed by atoms with Gasteiger partial charge in [0.15, 0.2) is 16.8 Å². The highest BCUT2D eigenvalue weighted by Crippen LogP contribution is 2.32. The summed E-state index contributed by atoms with van der Waals surface area (Å²) in [6, 6.07) is 11.7. The van der Waals surface area contributed by atoms with E-state index in [0.717, 1.165) is 33.8 Å². The molecular weight excluding hydrogens is 342 g/mol. The fraction of sp³-hybridized carbons (Fsp3) is 0.211. The minimum Gasteiger partial charge on any atom is -0.497 e. The molecule has 25 heavy (non-hydrogen) atoms. The zero-order valence-corrected chi connectivity index (χ0v) is 14.7. The average molecular weight is 360 g/mol.